The molecule has 118 valence electrons. The van der Waals surface area contributed by atoms with Crippen LogP contribution < -0.4 is 14.8 Å². The molecule has 2 N–H and O–H groups in total. The lowest BCUT2D eigenvalue weighted by Gasteiger charge is -2.27. The second-order valence-corrected chi connectivity index (χ2v) is 5.92. The maximum atomic E-state index is 9.74. The summed E-state index contributed by atoms with van der Waals surface area (Å²) in [6.07, 6.45) is 4.10. The van der Waals surface area contributed by atoms with Gasteiger partial charge >= 0.3 is 0 Å². The van der Waals surface area contributed by atoms with Gasteiger partial charge in [0.15, 0.2) is 0 Å². The fraction of sp³-hybridized carbons (Fsp3) is 0.647. The van der Waals surface area contributed by atoms with Gasteiger partial charge in [0.25, 0.3) is 0 Å². The van der Waals surface area contributed by atoms with Crippen molar-refractivity contribution in [3.8, 4) is 11.5 Å². The number of nitrogens with one attached hydrogen (secondary N) is 1. The molecule has 1 aliphatic rings. The van der Waals surface area contributed by atoms with Crippen LogP contribution in [0.4, 0.5) is 0 Å². The molecule has 1 aromatic carbocycles. The third-order valence-corrected chi connectivity index (χ3v) is 4.37. The number of ether oxygens (including phenoxy) is 2. The first-order valence-electron chi connectivity index (χ1n) is 7.77. The van der Waals surface area contributed by atoms with Crippen LogP contribution in [0.15, 0.2) is 18.2 Å². The largest absolute Gasteiger partial charge is 0.497 e. The van der Waals surface area contributed by atoms with Gasteiger partial charge in [0.2, 0.25) is 0 Å². The van der Waals surface area contributed by atoms with Crippen LogP contribution in [0.1, 0.15) is 44.2 Å². The Hall–Kier alpha value is -1.26. The van der Waals surface area contributed by atoms with E-state index in [1.54, 1.807) is 14.2 Å². The van der Waals surface area contributed by atoms with E-state index < -0.39 is 0 Å². The maximum Gasteiger partial charge on any atom is 0.127 e. The number of aliphatic hydroxyl groups excluding tert-OH is 1. The molecule has 0 bridgehead atoms. The molecule has 1 fully saturated rings. The van der Waals surface area contributed by atoms with E-state index in [0.717, 1.165) is 42.9 Å². The van der Waals surface area contributed by atoms with Crippen molar-refractivity contribution in [2.24, 2.45) is 5.92 Å². The highest BCUT2D eigenvalue weighted by Gasteiger charge is 2.21. The van der Waals surface area contributed by atoms with Crippen LogP contribution in [0.2, 0.25) is 0 Å². The zero-order chi connectivity index (χ0) is 15.2. The fourth-order valence-electron chi connectivity index (χ4n) is 3.08. The van der Waals surface area contributed by atoms with Crippen molar-refractivity contribution >= 4 is 0 Å². The Morgan fingerprint density at radius 1 is 1.29 bits per heavy atom. The summed E-state index contributed by atoms with van der Waals surface area (Å²) in [7, 11) is 3.34. The Labute approximate surface area is 127 Å². The Kier molecular flexibility index (Phi) is 5.88. The van der Waals surface area contributed by atoms with E-state index in [9.17, 15) is 5.11 Å². The van der Waals surface area contributed by atoms with E-state index in [2.05, 4.69) is 12.2 Å². The molecule has 0 aromatic heterocycles. The molecule has 0 amide bonds. The summed E-state index contributed by atoms with van der Waals surface area (Å²) in [6.45, 7) is 3.08. The first kappa shape index (κ1) is 16.1. The first-order valence-corrected chi connectivity index (χ1v) is 7.77. The van der Waals surface area contributed by atoms with Crippen molar-refractivity contribution in [1.29, 1.82) is 0 Å². The lowest BCUT2D eigenvalue weighted by molar-refractivity contribution is 0.0997. The molecule has 0 radical (unpaired) electrons. The van der Waals surface area contributed by atoms with Gasteiger partial charge in [0, 0.05) is 17.7 Å². The summed E-state index contributed by atoms with van der Waals surface area (Å²) < 4.78 is 10.7. The molecule has 21 heavy (non-hydrogen) atoms. The number of benzene rings is 1. The molecule has 0 spiro atoms. The van der Waals surface area contributed by atoms with Crippen molar-refractivity contribution in [2.75, 3.05) is 20.8 Å². The smallest absolute Gasteiger partial charge is 0.127 e. The van der Waals surface area contributed by atoms with Gasteiger partial charge in [-0.05, 0) is 44.7 Å². The predicted molar refractivity (Wildman–Crippen MR) is 83.9 cm³/mol. The third kappa shape index (κ3) is 4.35. The van der Waals surface area contributed by atoms with E-state index in [4.69, 9.17) is 9.47 Å². The van der Waals surface area contributed by atoms with Crippen molar-refractivity contribution < 1.29 is 14.6 Å². The molecule has 1 aromatic rings. The number of aliphatic hydroxyl groups is 1. The Morgan fingerprint density at radius 2 is 2.10 bits per heavy atom. The van der Waals surface area contributed by atoms with Gasteiger partial charge in [0.05, 0.1) is 20.3 Å². The quantitative estimate of drug-likeness (QED) is 0.847. The van der Waals surface area contributed by atoms with Gasteiger partial charge in [-0.15, -0.1) is 0 Å². The average molecular weight is 293 g/mol. The molecule has 1 aliphatic carbocycles. The zero-order valence-electron chi connectivity index (χ0n) is 13.3. The van der Waals surface area contributed by atoms with Gasteiger partial charge in [-0.1, -0.05) is 12.5 Å². The molecule has 4 nitrogen and oxygen atoms in total. The summed E-state index contributed by atoms with van der Waals surface area (Å²) in [5.74, 6) is 2.22. The second kappa shape index (κ2) is 7.66. The van der Waals surface area contributed by atoms with E-state index in [0.29, 0.717) is 5.92 Å². The van der Waals surface area contributed by atoms with Crippen molar-refractivity contribution in [1.82, 2.24) is 5.32 Å². The lowest BCUT2D eigenvalue weighted by Crippen LogP contribution is -2.30. The lowest BCUT2D eigenvalue weighted by atomic mass is 9.87. The standard InChI is InChI=1S/C17H27NO3/c1-12(18-11-13-5-4-6-14(19)9-13)16-8-7-15(20-2)10-17(16)21-3/h7-8,10,12-14,18-19H,4-6,9,11H2,1-3H3. The van der Waals surface area contributed by atoms with Gasteiger partial charge in [-0.3, -0.25) is 0 Å². The predicted octanol–water partition coefficient (Wildman–Crippen LogP) is 2.91. The minimum absolute atomic E-state index is 0.114. The second-order valence-electron chi connectivity index (χ2n) is 5.92. The molecule has 0 saturated heterocycles. The van der Waals surface area contributed by atoms with Gasteiger partial charge in [0.1, 0.15) is 11.5 Å². The number of methoxy groups -OCH3 is 2. The fourth-order valence-corrected chi connectivity index (χ4v) is 3.08. The minimum atomic E-state index is -0.114. The molecule has 0 aliphatic heterocycles. The highest BCUT2D eigenvalue weighted by molar-refractivity contribution is 5.42. The van der Waals surface area contributed by atoms with Crippen molar-refractivity contribution in [3.05, 3.63) is 23.8 Å². The average Bonchev–Trinajstić information content (AvgIpc) is 2.52. The molecular formula is C17H27NO3. The van der Waals surface area contributed by atoms with Crippen LogP contribution in [0, 0.1) is 5.92 Å². The van der Waals surface area contributed by atoms with E-state index >= 15 is 0 Å². The number of hydrogen-bond acceptors (Lipinski definition) is 4. The van der Waals surface area contributed by atoms with Crippen LogP contribution >= 0.6 is 0 Å². The van der Waals surface area contributed by atoms with Crippen LogP contribution in [0.25, 0.3) is 0 Å². The highest BCUT2D eigenvalue weighted by atomic mass is 16.5. The Morgan fingerprint density at radius 3 is 2.76 bits per heavy atom. The molecule has 1 saturated carbocycles. The summed E-state index contributed by atoms with van der Waals surface area (Å²) in [5, 5.41) is 13.3. The van der Waals surface area contributed by atoms with Gasteiger partial charge < -0.3 is 19.9 Å². The zero-order valence-corrected chi connectivity index (χ0v) is 13.3. The van der Waals surface area contributed by atoms with Crippen LogP contribution in [-0.4, -0.2) is 32.0 Å². The topological polar surface area (TPSA) is 50.7 Å². The van der Waals surface area contributed by atoms with Crippen LogP contribution in [0.3, 0.4) is 0 Å². The van der Waals surface area contributed by atoms with Crippen molar-refractivity contribution in [2.45, 2.75) is 44.8 Å². The Bertz CT molecular complexity index is 450. The van der Waals surface area contributed by atoms with Crippen molar-refractivity contribution in [3.63, 3.8) is 0 Å². The summed E-state index contributed by atoms with van der Waals surface area (Å²) >= 11 is 0. The Balaban J connectivity index is 1.94. The molecule has 3 unspecified atom stereocenters. The minimum Gasteiger partial charge on any atom is -0.497 e. The molecule has 3 atom stereocenters. The molecular weight excluding hydrogens is 266 g/mol. The van der Waals surface area contributed by atoms with Gasteiger partial charge in [-0.25, -0.2) is 0 Å². The third-order valence-electron chi connectivity index (χ3n) is 4.37. The van der Waals surface area contributed by atoms with Crippen LogP contribution in [0.5, 0.6) is 11.5 Å². The monoisotopic (exact) mass is 293 g/mol. The van der Waals surface area contributed by atoms with E-state index in [-0.39, 0.29) is 12.1 Å². The first-order chi connectivity index (χ1) is 10.1. The molecule has 0 heterocycles. The maximum absolute atomic E-state index is 9.74. The number of hydrogen-bond donors (Lipinski definition) is 2. The normalized spacial score (nSPS) is 23.6. The van der Waals surface area contributed by atoms with Crippen LogP contribution in [-0.2, 0) is 0 Å². The van der Waals surface area contributed by atoms with E-state index in [1.165, 1.54) is 6.42 Å². The summed E-state index contributed by atoms with van der Waals surface area (Å²) in [5.41, 5.74) is 1.13. The SMILES string of the molecule is COc1ccc(C(C)NCC2CCCC(O)C2)c(OC)c1. The molecule has 4 heteroatoms. The highest BCUT2D eigenvalue weighted by Crippen LogP contribution is 2.30. The number of rotatable bonds is 6. The van der Waals surface area contributed by atoms with Gasteiger partial charge in [-0.2, -0.15) is 0 Å². The van der Waals surface area contributed by atoms with E-state index in [1.807, 2.05) is 18.2 Å². The molecule has 2 rings (SSSR count). The summed E-state index contributed by atoms with van der Waals surface area (Å²) in [4.78, 5) is 0. The summed E-state index contributed by atoms with van der Waals surface area (Å²) in [6, 6.07) is 6.13.